The zero-order chi connectivity index (χ0) is 15.9. The molecule has 0 bridgehead atoms. The van der Waals surface area contributed by atoms with Crippen LogP contribution < -0.4 is 9.47 Å². The molecule has 2 atom stereocenters. The summed E-state index contributed by atoms with van der Waals surface area (Å²) in [6.07, 6.45) is 4.51. The van der Waals surface area contributed by atoms with Crippen LogP contribution in [0.3, 0.4) is 0 Å². The van der Waals surface area contributed by atoms with Crippen LogP contribution in [0.4, 0.5) is 0 Å². The van der Waals surface area contributed by atoms with Gasteiger partial charge in [-0.2, -0.15) is 4.91 Å². The van der Waals surface area contributed by atoms with Gasteiger partial charge in [-0.05, 0) is 49.5 Å². The Kier molecular flexibility index (Phi) is 5.95. The monoisotopic (exact) mass is 305 g/mol. The van der Waals surface area contributed by atoms with Crippen molar-refractivity contribution in [3.63, 3.8) is 0 Å². The lowest BCUT2D eigenvalue weighted by Crippen LogP contribution is -2.31. The van der Waals surface area contributed by atoms with Crippen LogP contribution in [-0.4, -0.2) is 33.0 Å². The second-order valence-corrected chi connectivity index (χ2v) is 5.42. The van der Waals surface area contributed by atoms with E-state index in [1.54, 1.807) is 14.2 Å². The van der Waals surface area contributed by atoms with Crippen LogP contribution in [-0.2, 0) is 11.2 Å². The molecule has 120 valence electrons. The lowest BCUT2D eigenvalue weighted by molar-refractivity contribution is 0.0365. The molecule has 5 heteroatoms. The fourth-order valence-electron chi connectivity index (χ4n) is 2.74. The third-order valence-electron chi connectivity index (χ3n) is 4.02. The molecule has 1 aliphatic rings. The van der Waals surface area contributed by atoms with Crippen molar-refractivity contribution in [3.05, 3.63) is 40.3 Å². The Morgan fingerprint density at radius 1 is 1.23 bits per heavy atom. The van der Waals surface area contributed by atoms with Gasteiger partial charge in [-0.15, -0.1) is 0 Å². The van der Waals surface area contributed by atoms with Gasteiger partial charge in [-0.25, -0.2) is 0 Å². The predicted molar refractivity (Wildman–Crippen MR) is 85.6 cm³/mol. The van der Waals surface area contributed by atoms with Crippen LogP contribution in [0, 0.1) is 4.91 Å². The van der Waals surface area contributed by atoms with E-state index in [0.29, 0.717) is 18.1 Å². The predicted octanol–water partition coefficient (Wildman–Crippen LogP) is 3.51. The highest BCUT2D eigenvalue weighted by molar-refractivity contribution is 5.42. The Morgan fingerprint density at radius 3 is 2.68 bits per heavy atom. The molecular formula is C17H23NO4. The second kappa shape index (κ2) is 7.94. The van der Waals surface area contributed by atoms with Gasteiger partial charge >= 0.3 is 0 Å². The number of methoxy groups -OCH3 is 2. The van der Waals surface area contributed by atoms with Crippen LogP contribution in [0.5, 0.6) is 11.5 Å². The summed E-state index contributed by atoms with van der Waals surface area (Å²) < 4.78 is 16.4. The highest BCUT2D eigenvalue weighted by Gasteiger charge is 2.27. The second-order valence-electron chi connectivity index (χ2n) is 5.42. The normalized spacial score (nSPS) is 21.1. The molecule has 0 heterocycles. The van der Waals surface area contributed by atoms with Gasteiger partial charge < -0.3 is 14.2 Å². The molecule has 22 heavy (non-hydrogen) atoms. The molecule has 1 aromatic carbocycles. The van der Waals surface area contributed by atoms with E-state index in [4.69, 9.17) is 14.2 Å². The van der Waals surface area contributed by atoms with Crippen molar-refractivity contribution in [3.8, 4) is 11.5 Å². The fraction of sp³-hybridized carbons (Fsp3) is 0.529. The molecule has 0 spiro atoms. The maximum Gasteiger partial charge on any atom is 0.160 e. The summed E-state index contributed by atoms with van der Waals surface area (Å²) in [7, 11) is 3.24. The van der Waals surface area contributed by atoms with Gasteiger partial charge in [-0.1, -0.05) is 17.3 Å². The van der Waals surface area contributed by atoms with Crippen LogP contribution >= 0.6 is 0 Å². The number of benzene rings is 1. The molecule has 5 nitrogen and oxygen atoms in total. The van der Waals surface area contributed by atoms with Crippen molar-refractivity contribution in [2.75, 3.05) is 20.8 Å². The summed E-state index contributed by atoms with van der Waals surface area (Å²) in [4.78, 5) is 11.0. The van der Waals surface area contributed by atoms with Crippen molar-refractivity contribution in [2.45, 2.75) is 38.3 Å². The Labute approximate surface area is 131 Å². The first kappa shape index (κ1) is 16.5. The Bertz CT molecular complexity index is 541. The van der Waals surface area contributed by atoms with Crippen molar-refractivity contribution in [2.24, 2.45) is 5.18 Å². The number of ether oxygens (including phenoxy) is 3. The molecule has 2 rings (SSSR count). The highest BCUT2D eigenvalue weighted by Crippen LogP contribution is 2.28. The molecule has 0 saturated carbocycles. The summed E-state index contributed by atoms with van der Waals surface area (Å²) in [5.41, 5.74) is 2.12. The molecule has 1 aromatic rings. The maximum absolute atomic E-state index is 11.0. The van der Waals surface area contributed by atoms with E-state index < -0.39 is 0 Å². The zero-order valence-electron chi connectivity index (χ0n) is 13.4. The molecule has 0 saturated heterocycles. The fourth-order valence-corrected chi connectivity index (χ4v) is 2.74. The number of nitroso groups, excluding NO2 is 1. The van der Waals surface area contributed by atoms with Gasteiger partial charge in [0.25, 0.3) is 0 Å². The van der Waals surface area contributed by atoms with Crippen molar-refractivity contribution in [1.29, 1.82) is 0 Å². The van der Waals surface area contributed by atoms with Crippen LogP contribution in [0.1, 0.15) is 25.3 Å². The highest BCUT2D eigenvalue weighted by atomic mass is 16.5. The van der Waals surface area contributed by atoms with Crippen molar-refractivity contribution < 1.29 is 14.2 Å². The maximum atomic E-state index is 11.0. The van der Waals surface area contributed by atoms with E-state index in [2.05, 4.69) is 11.3 Å². The summed E-state index contributed by atoms with van der Waals surface area (Å²) in [5.74, 6) is 1.43. The molecule has 1 aliphatic carbocycles. The first-order valence-electron chi connectivity index (χ1n) is 7.51. The third kappa shape index (κ3) is 3.85. The Morgan fingerprint density at radius 2 is 2.00 bits per heavy atom. The lowest BCUT2D eigenvalue weighted by atomic mass is 9.93. The molecular weight excluding hydrogens is 282 g/mol. The molecule has 0 N–H and O–H groups in total. The molecule has 0 aliphatic heterocycles. The van der Waals surface area contributed by atoms with E-state index in [-0.39, 0.29) is 12.1 Å². The smallest absolute Gasteiger partial charge is 0.160 e. The van der Waals surface area contributed by atoms with Gasteiger partial charge in [0.15, 0.2) is 11.5 Å². The van der Waals surface area contributed by atoms with Gasteiger partial charge in [0.2, 0.25) is 0 Å². The van der Waals surface area contributed by atoms with E-state index in [1.807, 2.05) is 25.1 Å². The van der Waals surface area contributed by atoms with Crippen LogP contribution in [0.2, 0.25) is 0 Å². The average Bonchev–Trinajstić information content (AvgIpc) is 2.55. The first-order valence-corrected chi connectivity index (χ1v) is 7.51. The van der Waals surface area contributed by atoms with E-state index >= 15 is 0 Å². The summed E-state index contributed by atoms with van der Waals surface area (Å²) in [6.45, 7) is 2.50. The van der Waals surface area contributed by atoms with Gasteiger partial charge in [-0.3, -0.25) is 0 Å². The molecule has 0 unspecified atom stereocenters. The molecule has 0 radical (unpaired) electrons. The summed E-state index contributed by atoms with van der Waals surface area (Å²) in [6, 6.07) is 5.48. The van der Waals surface area contributed by atoms with E-state index in [9.17, 15) is 4.91 Å². The molecule has 0 aromatic heterocycles. The van der Waals surface area contributed by atoms with E-state index in [1.165, 1.54) is 0 Å². The SMILES string of the molecule is COc1ccc(CCO[C@H]2CCC=C(C)[C@H]2N=O)cc1OC. The standard InChI is InChI=1S/C17H23NO4/c1-12-5-4-6-15(17(12)18-19)22-10-9-13-7-8-14(20-2)16(11-13)21-3/h5,7-8,11,15,17H,4,6,9-10H2,1-3H3/t15-,17+/m0/s1. The minimum absolute atomic E-state index is 0.109. The van der Waals surface area contributed by atoms with E-state index in [0.717, 1.165) is 30.4 Å². The minimum Gasteiger partial charge on any atom is -0.493 e. The zero-order valence-corrected chi connectivity index (χ0v) is 13.4. The van der Waals surface area contributed by atoms with Gasteiger partial charge in [0.1, 0.15) is 6.04 Å². The lowest BCUT2D eigenvalue weighted by Gasteiger charge is -2.26. The quantitative estimate of drug-likeness (QED) is 0.571. The first-order chi connectivity index (χ1) is 10.7. The minimum atomic E-state index is -0.348. The number of nitrogens with zero attached hydrogens (tertiary/aromatic N) is 1. The Balaban J connectivity index is 1.91. The number of hydrogen-bond donors (Lipinski definition) is 0. The number of rotatable bonds is 7. The van der Waals surface area contributed by atoms with Crippen LogP contribution in [0.25, 0.3) is 0 Å². The number of allylic oxidation sites excluding steroid dienone is 1. The third-order valence-corrected chi connectivity index (χ3v) is 4.02. The summed E-state index contributed by atoms with van der Waals surface area (Å²) in [5, 5.41) is 3.21. The number of hydrogen-bond acceptors (Lipinski definition) is 5. The average molecular weight is 305 g/mol. The summed E-state index contributed by atoms with van der Waals surface area (Å²) >= 11 is 0. The molecule has 0 amide bonds. The van der Waals surface area contributed by atoms with Gasteiger partial charge in [0.05, 0.1) is 26.9 Å². The van der Waals surface area contributed by atoms with Crippen molar-refractivity contribution in [1.82, 2.24) is 0 Å². The van der Waals surface area contributed by atoms with Crippen LogP contribution in [0.15, 0.2) is 35.0 Å². The topological polar surface area (TPSA) is 57.1 Å². The molecule has 0 fully saturated rings. The largest absolute Gasteiger partial charge is 0.493 e. The Hall–Kier alpha value is -1.88. The van der Waals surface area contributed by atoms with Crippen molar-refractivity contribution >= 4 is 0 Å². The van der Waals surface area contributed by atoms with Gasteiger partial charge in [0, 0.05) is 0 Å².